The van der Waals surface area contributed by atoms with Gasteiger partial charge in [0.05, 0.1) is 4.90 Å². The van der Waals surface area contributed by atoms with Crippen LogP contribution in [-0.2, 0) is 16.3 Å². The molecule has 0 aliphatic carbocycles. The fraction of sp³-hybridized carbons (Fsp3) is 0.133. The molecule has 21 heavy (non-hydrogen) atoms. The number of carbonyl (C=O) groups is 1. The molecule has 0 amide bonds. The number of ketones is 1. The number of benzene rings is 2. The van der Waals surface area contributed by atoms with Crippen LogP contribution in [0.1, 0.15) is 15.9 Å². The standard InChI is InChI=1S/C15H12F2O3S/c1-21(19,20)13-5-2-10(3-6-13)15(18)9-11-8-12(16)4-7-14(11)17/h2-8H,9H2,1H3. The van der Waals surface area contributed by atoms with Gasteiger partial charge in [-0.05, 0) is 35.9 Å². The third-order valence-electron chi connectivity index (χ3n) is 2.96. The first-order valence-electron chi connectivity index (χ1n) is 6.04. The normalized spacial score (nSPS) is 11.4. The summed E-state index contributed by atoms with van der Waals surface area (Å²) in [6, 6.07) is 8.24. The quantitative estimate of drug-likeness (QED) is 0.816. The highest BCUT2D eigenvalue weighted by Crippen LogP contribution is 2.15. The molecule has 0 saturated carbocycles. The summed E-state index contributed by atoms with van der Waals surface area (Å²) in [4.78, 5) is 12.1. The van der Waals surface area contributed by atoms with Gasteiger partial charge in [0.25, 0.3) is 0 Å². The van der Waals surface area contributed by atoms with Crippen LogP contribution in [0, 0.1) is 11.6 Å². The van der Waals surface area contributed by atoms with E-state index in [1.54, 1.807) is 0 Å². The molecule has 110 valence electrons. The van der Waals surface area contributed by atoms with Crippen molar-refractivity contribution >= 4 is 15.6 Å². The lowest BCUT2D eigenvalue weighted by Gasteiger charge is -2.04. The SMILES string of the molecule is CS(=O)(=O)c1ccc(C(=O)Cc2cc(F)ccc2F)cc1. The fourth-order valence-electron chi connectivity index (χ4n) is 1.84. The predicted octanol–water partition coefficient (Wildman–Crippen LogP) is 2.79. The van der Waals surface area contributed by atoms with Crippen LogP contribution in [-0.4, -0.2) is 20.5 Å². The van der Waals surface area contributed by atoms with Crippen molar-refractivity contribution in [1.82, 2.24) is 0 Å². The van der Waals surface area contributed by atoms with E-state index in [1.807, 2.05) is 0 Å². The Labute approximate surface area is 121 Å². The number of hydrogen-bond acceptors (Lipinski definition) is 3. The van der Waals surface area contributed by atoms with E-state index in [1.165, 1.54) is 24.3 Å². The van der Waals surface area contributed by atoms with Gasteiger partial charge in [-0.1, -0.05) is 12.1 Å². The summed E-state index contributed by atoms with van der Waals surface area (Å²) in [6.07, 6.45) is 0.772. The highest BCUT2D eigenvalue weighted by molar-refractivity contribution is 7.90. The second-order valence-electron chi connectivity index (χ2n) is 4.63. The number of hydrogen-bond donors (Lipinski definition) is 0. The van der Waals surface area contributed by atoms with Gasteiger partial charge < -0.3 is 0 Å². The number of rotatable bonds is 4. The first-order chi connectivity index (χ1) is 9.77. The first kappa shape index (κ1) is 15.3. The second-order valence-corrected chi connectivity index (χ2v) is 6.65. The lowest BCUT2D eigenvalue weighted by Crippen LogP contribution is -2.06. The first-order valence-corrected chi connectivity index (χ1v) is 7.94. The maximum Gasteiger partial charge on any atom is 0.175 e. The lowest BCUT2D eigenvalue weighted by atomic mass is 10.0. The second kappa shape index (κ2) is 5.73. The summed E-state index contributed by atoms with van der Waals surface area (Å²) in [7, 11) is -3.34. The van der Waals surface area contributed by atoms with E-state index < -0.39 is 27.3 Å². The molecule has 0 aliphatic rings. The summed E-state index contributed by atoms with van der Waals surface area (Å²) in [6.45, 7) is 0. The molecule has 0 aliphatic heterocycles. The summed E-state index contributed by atoms with van der Waals surface area (Å²) >= 11 is 0. The molecule has 2 aromatic carbocycles. The number of halogens is 2. The Hall–Kier alpha value is -2.08. The average molecular weight is 310 g/mol. The van der Waals surface area contributed by atoms with Crippen LogP contribution in [0.2, 0.25) is 0 Å². The Morgan fingerprint density at radius 3 is 2.24 bits per heavy atom. The minimum atomic E-state index is -3.34. The summed E-state index contributed by atoms with van der Waals surface area (Å²) in [5.74, 6) is -1.69. The van der Waals surface area contributed by atoms with Gasteiger partial charge in [0.2, 0.25) is 0 Å². The summed E-state index contributed by atoms with van der Waals surface area (Å²) < 4.78 is 49.1. The molecule has 0 fully saturated rings. The van der Waals surface area contributed by atoms with Gasteiger partial charge in [-0.25, -0.2) is 17.2 Å². The van der Waals surface area contributed by atoms with Crippen LogP contribution >= 0.6 is 0 Å². The van der Waals surface area contributed by atoms with E-state index in [0.717, 1.165) is 24.5 Å². The van der Waals surface area contributed by atoms with Crippen LogP contribution in [0.5, 0.6) is 0 Å². The van der Waals surface area contributed by atoms with E-state index in [2.05, 4.69) is 0 Å². The van der Waals surface area contributed by atoms with Crippen molar-refractivity contribution in [3.63, 3.8) is 0 Å². The van der Waals surface area contributed by atoms with Gasteiger partial charge in [0, 0.05) is 18.2 Å². The third kappa shape index (κ3) is 3.72. The van der Waals surface area contributed by atoms with Crippen molar-refractivity contribution in [1.29, 1.82) is 0 Å². The van der Waals surface area contributed by atoms with Crippen LogP contribution in [0.4, 0.5) is 8.78 Å². The molecule has 0 radical (unpaired) electrons. The van der Waals surface area contributed by atoms with Gasteiger partial charge >= 0.3 is 0 Å². The Morgan fingerprint density at radius 2 is 1.67 bits per heavy atom. The highest BCUT2D eigenvalue weighted by Gasteiger charge is 2.13. The van der Waals surface area contributed by atoms with Crippen molar-refractivity contribution in [3.8, 4) is 0 Å². The van der Waals surface area contributed by atoms with Crippen molar-refractivity contribution in [3.05, 3.63) is 65.2 Å². The fourth-order valence-corrected chi connectivity index (χ4v) is 2.47. The highest BCUT2D eigenvalue weighted by atomic mass is 32.2. The van der Waals surface area contributed by atoms with Crippen molar-refractivity contribution < 1.29 is 22.0 Å². The van der Waals surface area contributed by atoms with Crippen molar-refractivity contribution in [2.45, 2.75) is 11.3 Å². The molecule has 0 heterocycles. The Kier molecular flexibility index (Phi) is 4.18. The molecule has 0 saturated heterocycles. The van der Waals surface area contributed by atoms with E-state index in [0.29, 0.717) is 0 Å². The summed E-state index contributed by atoms with van der Waals surface area (Å²) in [5, 5.41) is 0. The van der Waals surface area contributed by atoms with Crippen molar-refractivity contribution in [2.24, 2.45) is 0 Å². The summed E-state index contributed by atoms with van der Waals surface area (Å²) in [5.41, 5.74) is 0.207. The predicted molar refractivity (Wildman–Crippen MR) is 73.9 cm³/mol. The Bertz CT molecular complexity index is 781. The average Bonchev–Trinajstić information content (AvgIpc) is 2.42. The lowest BCUT2D eigenvalue weighted by molar-refractivity contribution is 0.0991. The maximum absolute atomic E-state index is 13.5. The van der Waals surface area contributed by atoms with Crippen LogP contribution in [0.3, 0.4) is 0 Å². The van der Waals surface area contributed by atoms with Gasteiger partial charge in [-0.2, -0.15) is 0 Å². The van der Waals surface area contributed by atoms with E-state index in [4.69, 9.17) is 0 Å². The maximum atomic E-state index is 13.5. The minimum Gasteiger partial charge on any atom is -0.294 e. The van der Waals surface area contributed by atoms with E-state index >= 15 is 0 Å². The molecule has 0 bridgehead atoms. The molecular weight excluding hydrogens is 298 g/mol. The minimum absolute atomic E-state index is 0.0350. The van der Waals surface area contributed by atoms with Gasteiger partial charge in [0.1, 0.15) is 11.6 Å². The Morgan fingerprint density at radius 1 is 1.05 bits per heavy atom. The Balaban J connectivity index is 2.23. The molecule has 0 unspecified atom stereocenters. The molecule has 2 aromatic rings. The molecule has 0 spiro atoms. The van der Waals surface area contributed by atoms with E-state index in [-0.39, 0.29) is 22.4 Å². The number of carbonyl (C=O) groups excluding carboxylic acids is 1. The topological polar surface area (TPSA) is 51.2 Å². The zero-order valence-electron chi connectivity index (χ0n) is 11.1. The molecule has 0 N–H and O–H groups in total. The van der Waals surface area contributed by atoms with Crippen LogP contribution in [0.25, 0.3) is 0 Å². The van der Waals surface area contributed by atoms with Gasteiger partial charge in [0.15, 0.2) is 15.6 Å². The molecule has 0 aromatic heterocycles. The molecule has 0 atom stereocenters. The van der Waals surface area contributed by atoms with Crippen LogP contribution in [0.15, 0.2) is 47.4 Å². The van der Waals surface area contributed by atoms with Crippen LogP contribution < -0.4 is 0 Å². The van der Waals surface area contributed by atoms with Crippen molar-refractivity contribution in [2.75, 3.05) is 6.26 Å². The zero-order chi connectivity index (χ0) is 15.6. The largest absolute Gasteiger partial charge is 0.294 e. The third-order valence-corrected chi connectivity index (χ3v) is 4.09. The smallest absolute Gasteiger partial charge is 0.175 e. The zero-order valence-corrected chi connectivity index (χ0v) is 12.0. The van der Waals surface area contributed by atoms with Gasteiger partial charge in [-0.15, -0.1) is 0 Å². The van der Waals surface area contributed by atoms with E-state index in [9.17, 15) is 22.0 Å². The monoisotopic (exact) mass is 310 g/mol. The molecule has 3 nitrogen and oxygen atoms in total. The molecule has 6 heteroatoms. The number of Topliss-reactive ketones (excluding diaryl/α,β-unsaturated/α-hetero) is 1. The molecule has 2 rings (SSSR count). The number of sulfone groups is 1. The van der Waals surface area contributed by atoms with Gasteiger partial charge in [-0.3, -0.25) is 4.79 Å². The molecular formula is C15H12F2O3S.